The lowest BCUT2D eigenvalue weighted by Gasteiger charge is -2.08. The summed E-state index contributed by atoms with van der Waals surface area (Å²) in [5.41, 5.74) is 5.52. The molecule has 0 aliphatic rings. The van der Waals surface area contributed by atoms with E-state index in [0.29, 0.717) is 6.61 Å². The number of nitrogens with one attached hydrogen (secondary N) is 1. The Hall–Kier alpha value is -1.62. The highest BCUT2D eigenvalue weighted by Crippen LogP contribution is 2.15. The number of nitrogens with two attached hydrogens (primary N) is 1. The summed E-state index contributed by atoms with van der Waals surface area (Å²) in [6.07, 6.45) is 0. The average Bonchev–Trinajstić information content (AvgIpc) is 2.37. The Morgan fingerprint density at radius 3 is 2.80 bits per heavy atom. The van der Waals surface area contributed by atoms with Crippen LogP contribution >= 0.6 is 0 Å². The topological polar surface area (TPSA) is 81.4 Å². The minimum atomic E-state index is -3.55. The van der Waals surface area contributed by atoms with E-state index in [-0.39, 0.29) is 30.2 Å². The van der Waals surface area contributed by atoms with Gasteiger partial charge in [0.1, 0.15) is 5.82 Å². The van der Waals surface area contributed by atoms with Crippen LogP contribution in [0, 0.1) is 17.7 Å². The van der Waals surface area contributed by atoms with Crippen molar-refractivity contribution in [2.45, 2.75) is 6.92 Å². The molecule has 1 aromatic carbocycles. The number of halogens is 1. The Balaban J connectivity index is 2.76. The van der Waals surface area contributed by atoms with Crippen molar-refractivity contribution in [1.29, 1.82) is 0 Å². The molecule has 0 fully saturated rings. The van der Waals surface area contributed by atoms with Gasteiger partial charge in [0, 0.05) is 6.61 Å². The van der Waals surface area contributed by atoms with Gasteiger partial charge in [-0.1, -0.05) is 11.8 Å². The molecule has 7 heteroatoms. The zero-order chi connectivity index (χ0) is 15.0. The van der Waals surface area contributed by atoms with Crippen molar-refractivity contribution < 1.29 is 17.5 Å². The van der Waals surface area contributed by atoms with Crippen LogP contribution in [0.5, 0.6) is 0 Å². The van der Waals surface area contributed by atoms with E-state index < -0.39 is 15.8 Å². The standard InChI is InChI=1S/C13H17FN2O3S/c1-2-19-8-9-20(17,18)16-12-6-5-11(4-3-7-15)13(14)10-12/h5-6,10,16H,2,7-9,15H2,1H3. The molecule has 1 rings (SSSR count). The fourth-order valence-electron chi connectivity index (χ4n) is 1.37. The maximum absolute atomic E-state index is 13.7. The van der Waals surface area contributed by atoms with Crippen LogP contribution in [0.1, 0.15) is 12.5 Å². The number of hydrogen-bond acceptors (Lipinski definition) is 4. The lowest BCUT2D eigenvalue weighted by molar-refractivity contribution is 0.163. The molecule has 0 saturated heterocycles. The van der Waals surface area contributed by atoms with E-state index >= 15 is 0 Å². The summed E-state index contributed by atoms with van der Waals surface area (Å²) in [5.74, 6) is 4.30. The number of benzene rings is 1. The first-order chi connectivity index (χ1) is 9.48. The average molecular weight is 300 g/mol. The molecule has 0 amide bonds. The lowest BCUT2D eigenvalue weighted by atomic mass is 10.2. The molecule has 0 spiro atoms. The number of ether oxygens (including phenoxy) is 1. The number of hydrogen-bond donors (Lipinski definition) is 2. The SMILES string of the molecule is CCOCCS(=O)(=O)Nc1ccc(C#CCN)c(F)c1. The summed E-state index contributed by atoms with van der Waals surface area (Å²) in [6, 6.07) is 3.93. The summed E-state index contributed by atoms with van der Waals surface area (Å²) in [6.45, 7) is 2.44. The van der Waals surface area contributed by atoms with Gasteiger partial charge in [-0.15, -0.1) is 0 Å². The second kappa shape index (κ2) is 7.85. The van der Waals surface area contributed by atoms with E-state index in [1.165, 1.54) is 12.1 Å². The van der Waals surface area contributed by atoms with Gasteiger partial charge >= 0.3 is 0 Å². The fraction of sp³-hybridized carbons (Fsp3) is 0.385. The Kier molecular flexibility index (Phi) is 6.45. The molecule has 0 aromatic heterocycles. The zero-order valence-corrected chi connectivity index (χ0v) is 12.0. The normalized spacial score (nSPS) is 10.8. The first kappa shape index (κ1) is 16.4. The Morgan fingerprint density at radius 1 is 1.45 bits per heavy atom. The van der Waals surface area contributed by atoms with Crippen molar-refractivity contribution in [3.63, 3.8) is 0 Å². The molecular formula is C13H17FN2O3S. The molecule has 0 bridgehead atoms. The minimum Gasteiger partial charge on any atom is -0.381 e. The van der Waals surface area contributed by atoms with Crippen LogP contribution in [-0.2, 0) is 14.8 Å². The van der Waals surface area contributed by atoms with Crippen molar-refractivity contribution in [1.82, 2.24) is 0 Å². The molecule has 3 N–H and O–H groups in total. The molecule has 0 aliphatic heterocycles. The van der Waals surface area contributed by atoms with Crippen LogP contribution in [0.15, 0.2) is 18.2 Å². The molecule has 1 aromatic rings. The molecule has 20 heavy (non-hydrogen) atoms. The van der Waals surface area contributed by atoms with E-state index in [1.807, 2.05) is 0 Å². The summed E-state index contributed by atoms with van der Waals surface area (Å²) < 4.78 is 44.3. The van der Waals surface area contributed by atoms with Crippen LogP contribution in [0.4, 0.5) is 10.1 Å². The van der Waals surface area contributed by atoms with Gasteiger partial charge in [0.15, 0.2) is 0 Å². The van der Waals surface area contributed by atoms with Crippen LogP contribution in [0.3, 0.4) is 0 Å². The smallest absolute Gasteiger partial charge is 0.235 e. The Labute approximate surface area is 118 Å². The highest BCUT2D eigenvalue weighted by atomic mass is 32.2. The highest BCUT2D eigenvalue weighted by Gasteiger charge is 2.11. The van der Waals surface area contributed by atoms with Crippen LogP contribution in [-0.4, -0.2) is 33.9 Å². The quantitative estimate of drug-likeness (QED) is 0.604. The predicted octanol–water partition coefficient (Wildman–Crippen LogP) is 0.914. The van der Waals surface area contributed by atoms with Gasteiger partial charge in [0.2, 0.25) is 10.0 Å². The van der Waals surface area contributed by atoms with Crippen LogP contribution in [0.2, 0.25) is 0 Å². The minimum absolute atomic E-state index is 0.0916. The van der Waals surface area contributed by atoms with E-state index in [1.54, 1.807) is 6.92 Å². The summed E-state index contributed by atoms with van der Waals surface area (Å²) in [7, 11) is -3.55. The zero-order valence-electron chi connectivity index (χ0n) is 11.1. The predicted molar refractivity (Wildman–Crippen MR) is 76.2 cm³/mol. The third-order valence-electron chi connectivity index (χ3n) is 2.27. The molecule has 110 valence electrons. The first-order valence-electron chi connectivity index (χ1n) is 6.05. The highest BCUT2D eigenvalue weighted by molar-refractivity contribution is 7.92. The maximum atomic E-state index is 13.7. The van der Waals surface area contributed by atoms with Gasteiger partial charge in [-0.05, 0) is 25.1 Å². The third kappa shape index (κ3) is 5.57. The number of sulfonamides is 1. The summed E-state index contributed by atoms with van der Waals surface area (Å²) in [4.78, 5) is 0. The molecule has 0 atom stereocenters. The van der Waals surface area contributed by atoms with Crippen molar-refractivity contribution in [2.24, 2.45) is 5.73 Å². The largest absolute Gasteiger partial charge is 0.381 e. The monoisotopic (exact) mass is 300 g/mol. The van der Waals surface area contributed by atoms with E-state index in [0.717, 1.165) is 6.07 Å². The summed E-state index contributed by atoms with van der Waals surface area (Å²) in [5, 5.41) is 0. The Bertz CT molecular complexity index is 606. The van der Waals surface area contributed by atoms with Gasteiger partial charge in [-0.25, -0.2) is 12.8 Å². The maximum Gasteiger partial charge on any atom is 0.235 e. The summed E-state index contributed by atoms with van der Waals surface area (Å²) >= 11 is 0. The van der Waals surface area contributed by atoms with Gasteiger partial charge in [0.25, 0.3) is 0 Å². The fourth-order valence-corrected chi connectivity index (χ4v) is 2.30. The first-order valence-corrected chi connectivity index (χ1v) is 7.70. The van der Waals surface area contributed by atoms with Gasteiger partial charge in [-0.2, -0.15) is 0 Å². The van der Waals surface area contributed by atoms with Crippen molar-refractivity contribution in [2.75, 3.05) is 30.2 Å². The van der Waals surface area contributed by atoms with Gasteiger partial charge in [-0.3, -0.25) is 4.72 Å². The molecule has 0 aliphatic carbocycles. The van der Waals surface area contributed by atoms with E-state index in [9.17, 15) is 12.8 Å². The molecule has 0 saturated carbocycles. The Morgan fingerprint density at radius 2 is 2.20 bits per heavy atom. The third-order valence-corrected chi connectivity index (χ3v) is 3.52. The van der Waals surface area contributed by atoms with Crippen molar-refractivity contribution in [3.8, 4) is 11.8 Å². The lowest BCUT2D eigenvalue weighted by Crippen LogP contribution is -2.20. The second-order valence-corrected chi connectivity index (χ2v) is 5.66. The molecule has 0 unspecified atom stereocenters. The number of rotatable bonds is 6. The molecule has 0 heterocycles. The van der Waals surface area contributed by atoms with Crippen LogP contribution in [0.25, 0.3) is 0 Å². The van der Waals surface area contributed by atoms with E-state index in [4.69, 9.17) is 10.5 Å². The van der Waals surface area contributed by atoms with Crippen molar-refractivity contribution >= 4 is 15.7 Å². The number of anilines is 1. The second-order valence-electron chi connectivity index (χ2n) is 3.82. The van der Waals surface area contributed by atoms with Gasteiger partial charge < -0.3 is 10.5 Å². The van der Waals surface area contributed by atoms with Crippen LogP contribution < -0.4 is 10.5 Å². The van der Waals surface area contributed by atoms with Gasteiger partial charge in [0.05, 0.1) is 30.2 Å². The molecular weight excluding hydrogens is 283 g/mol. The molecule has 0 radical (unpaired) electrons. The molecule has 5 nitrogen and oxygen atoms in total. The van der Waals surface area contributed by atoms with E-state index in [2.05, 4.69) is 16.6 Å². The van der Waals surface area contributed by atoms with Crippen molar-refractivity contribution in [3.05, 3.63) is 29.6 Å².